The van der Waals surface area contributed by atoms with Gasteiger partial charge in [0.2, 0.25) is 0 Å². The standard InChI is InChI=1S/C29H31N5O4/c1-33-13-20(12-31-33)25-22(19-5-3-18(14-35)4-6-19)23-24-21(11-30-26(23)32-25)15-38-29(24)16-28(17-29)7-9-34(10-8-28)27(36)37-2/h3-6,11-13,35H,7-10,14-17H2,1-2H3,(H,30,32). The van der Waals surface area contributed by atoms with E-state index in [1.165, 1.54) is 12.7 Å². The van der Waals surface area contributed by atoms with Crippen molar-refractivity contribution >= 4 is 17.1 Å². The Morgan fingerprint density at radius 2 is 1.92 bits per heavy atom. The first-order valence-electron chi connectivity index (χ1n) is 13.1. The van der Waals surface area contributed by atoms with Gasteiger partial charge in [0.1, 0.15) is 5.65 Å². The number of carbonyl (C=O) groups excluding carboxylic acids is 1. The van der Waals surface area contributed by atoms with E-state index in [2.05, 4.69) is 22.2 Å². The topological polar surface area (TPSA) is 105 Å². The highest BCUT2D eigenvalue weighted by molar-refractivity contribution is 6.05. The largest absolute Gasteiger partial charge is 0.453 e. The van der Waals surface area contributed by atoms with Gasteiger partial charge in [-0.15, -0.1) is 0 Å². The predicted molar refractivity (Wildman–Crippen MR) is 141 cm³/mol. The number of aryl methyl sites for hydroxylation is 1. The molecule has 1 aromatic carbocycles. The minimum Gasteiger partial charge on any atom is -0.453 e. The number of nitrogens with zero attached hydrogens (tertiary/aromatic N) is 4. The Bertz CT molecular complexity index is 1540. The summed E-state index contributed by atoms with van der Waals surface area (Å²) in [5.74, 6) is 0. The molecule has 0 bridgehead atoms. The second-order valence-corrected chi connectivity index (χ2v) is 11.1. The van der Waals surface area contributed by atoms with E-state index in [4.69, 9.17) is 14.5 Å². The third-order valence-electron chi connectivity index (χ3n) is 8.86. The van der Waals surface area contributed by atoms with Gasteiger partial charge in [0.05, 0.1) is 37.8 Å². The molecule has 2 fully saturated rings. The number of nitrogens with one attached hydrogen (secondary N) is 1. The van der Waals surface area contributed by atoms with Crippen molar-refractivity contribution in [3.05, 3.63) is 59.5 Å². The quantitative estimate of drug-likeness (QED) is 0.418. The molecular formula is C29H31N5O4. The summed E-state index contributed by atoms with van der Waals surface area (Å²) in [6.45, 7) is 2.00. The monoisotopic (exact) mass is 513 g/mol. The molecule has 2 aliphatic heterocycles. The van der Waals surface area contributed by atoms with E-state index in [-0.39, 0.29) is 23.7 Å². The van der Waals surface area contributed by atoms with Crippen molar-refractivity contribution in [2.24, 2.45) is 12.5 Å². The molecule has 0 atom stereocenters. The summed E-state index contributed by atoms with van der Waals surface area (Å²) in [5, 5.41) is 15.1. The van der Waals surface area contributed by atoms with Gasteiger partial charge in [-0.05, 0) is 42.2 Å². The number of methoxy groups -OCH3 is 1. The molecule has 5 heterocycles. The van der Waals surface area contributed by atoms with E-state index in [9.17, 15) is 9.90 Å². The highest BCUT2D eigenvalue weighted by Crippen LogP contribution is 2.65. The first-order chi connectivity index (χ1) is 18.4. The van der Waals surface area contributed by atoms with E-state index in [0.717, 1.165) is 83.3 Å². The lowest BCUT2D eigenvalue weighted by Crippen LogP contribution is -2.55. The van der Waals surface area contributed by atoms with Gasteiger partial charge in [-0.1, -0.05) is 24.3 Å². The van der Waals surface area contributed by atoms with Crippen LogP contribution in [0.5, 0.6) is 0 Å². The maximum atomic E-state index is 12.0. The van der Waals surface area contributed by atoms with Crippen molar-refractivity contribution in [2.75, 3.05) is 20.2 Å². The fourth-order valence-corrected chi connectivity index (χ4v) is 7.03. The third-order valence-corrected chi connectivity index (χ3v) is 8.86. The Hall–Kier alpha value is -3.69. The Balaban J connectivity index is 1.34. The van der Waals surface area contributed by atoms with Crippen molar-refractivity contribution in [1.82, 2.24) is 24.6 Å². The molecule has 3 aliphatic rings. The van der Waals surface area contributed by atoms with Crippen molar-refractivity contribution < 1.29 is 19.4 Å². The number of aliphatic hydroxyl groups excluding tert-OH is 1. The molecule has 0 radical (unpaired) electrons. The number of likely N-dealkylation sites (tertiary alicyclic amines) is 1. The number of amides is 1. The third kappa shape index (κ3) is 3.41. The fraction of sp³-hybridized carbons (Fsp3) is 0.414. The molecule has 3 aromatic heterocycles. The first-order valence-corrected chi connectivity index (χ1v) is 13.1. The zero-order valence-corrected chi connectivity index (χ0v) is 21.7. The number of carbonyl (C=O) groups is 1. The summed E-state index contributed by atoms with van der Waals surface area (Å²) in [4.78, 5) is 22.3. The molecule has 9 heteroatoms. The molecule has 2 spiro atoms. The molecule has 1 amide bonds. The summed E-state index contributed by atoms with van der Waals surface area (Å²) in [6.07, 6.45) is 9.40. The van der Waals surface area contributed by atoms with Gasteiger partial charge in [-0.2, -0.15) is 5.10 Å². The summed E-state index contributed by atoms with van der Waals surface area (Å²) in [7, 11) is 3.36. The van der Waals surface area contributed by atoms with Gasteiger partial charge >= 0.3 is 6.09 Å². The molecule has 9 nitrogen and oxygen atoms in total. The number of aromatic amines is 1. The number of hydrogen-bond donors (Lipinski definition) is 2. The van der Waals surface area contributed by atoms with Gasteiger partial charge < -0.3 is 24.5 Å². The molecule has 1 saturated heterocycles. The number of benzene rings is 1. The van der Waals surface area contributed by atoms with E-state index in [1.54, 1.807) is 4.68 Å². The second kappa shape index (κ2) is 8.41. The highest BCUT2D eigenvalue weighted by Gasteiger charge is 2.60. The van der Waals surface area contributed by atoms with Crippen molar-refractivity contribution in [3.8, 4) is 22.4 Å². The van der Waals surface area contributed by atoms with Crippen molar-refractivity contribution in [3.63, 3.8) is 0 Å². The van der Waals surface area contributed by atoms with Crippen LogP contribution in [0.15, 0.2) is 42.9 Å². The summed E-state index contributed by atoms with van der Waals surface area (Å²) >= 11 is 0. The molecular weight excluding hydrogens is 482 g/mol. The van der Waals surface area contributed by atoms with Crippen LogP contribution in [0.1, 0.15) is 42.4 Å². The fourth-order valence-electron chi connectivity index (χ4n) is 7.03. The first kappa shape index (κ1) is 23.4. The number of ether oxygens (including phenoxy) is 2. The molecule has 0 unspecified atom stereocenters. The lowest BCUT2D eigenvalue weighted by Gasteiger charge is -2.57. The van der Waals surface area contributed by atoms with Crippen molar-refractivity contribution in [1.29, 1.82) is 0 Å². The van der Waals surface area contributed by atoms with Gasteiger partial charge in [0.25, 0.3) is 0 Å². The number of hydrogen-bond acceptors (Lipinski definition) is 6. The van der Waals surface area contributed by atoms with E-state index in [0.29, 0.717) is 6.61 Å². The van der Waals surface area contributed by atoms with Crippen LogP contribution in [-0.2, 0) is 35.3 Å². The Kier molecular flexibility index (Phi) is 5.18. The van der Waals surface area contributed by atoms with Crippen LogP contribution in [-0.4, -0.2) is 56.0 Å². The van der Waals surface area contributed by atoms with Gasteiger partial charge in [-0.25, -0.2) is 9.78 Å². The number of aromatic nitrogens is 4. The molecule has 1 saturated carbocycles. The van der Waals surface area contributed by atoms with Crippen LogP contribution in [0, 0.1) is 5.41 Å². The Labute approximate surface area is 220 Å². The normalized spacial score (nSPS) is 19.2. The maximum absolute atomic E-state index is 12.0. The molecule has 196 valence electrons. The Morgan fingerprint density at radius 1 is 1.16 bits per heavy atom. The highest BCUT2D eigenvalue weighted by atomic mass is 16.5. The van der Waals surface area contributed by atoms with Crippen molar-refractivity contribution in [2.45, 2.75) is 44.5 Å². The number of fused-ring (bicyclic) bond motifs is 4. The number of aliphatic hydroxyl groups is 1. The summed E-state index contributed by atoms with van der Waals surface area (Å²) in [5.41, 5.74) is 8.06. The van der Waals surface area contributed by atoms with Crippen LogP contribution in [0.4, 0.5) is 4.79 Å². The van der Waals surface area contributed by atoms with E-state index < -0.39 is 0 Å². The van der Waals surface area contributed by atoms with Crippen LogP contribution in [0.2, 0.25) is 0 Å². The number of rotatable bonds is 3. The zero-order valence-electron chi connectivity index (χ0n) is 21.7. The van der Waals surface area contributed by atoms with Crippen LogP contribution in [0.3, 0.4) is 0 Å². The van der Waals surface area contributed by atoms with E-state index in [1.807, 2.05) is 42.7 Å². The van der Waals surface area contributed by atoms with Crippen LogP contribution in [0.25, 0.3) is 33.4 Å². The second-order valence-electron chi connectivity index (χ2n) is 11.1. The number of pyridine rings is 1. The minimum atomic E-state index is -0.349. The molecule has 38 heavy (non-hydrogen) atoms. The van der Waals surface area contributed by atoms with Crippen LogP contribution >= 0.6 is 0 Å². The lowest BCUT2D eigenvalue weighted by molar-refractivity contribution is -0.181. The molecule has 4 aromatic rings. The van der Waals surface area contributed by atoms with Gasteiger partial charge in [0.15, 0.2) is 0 Å². The lowest BCUT2D eigenvalue weighted by atomic mass is 9.53. The molecule has 1 aliphatic carbocycles. The van der Waals surface area contributed by atoms with Gasteiger partial charge in [0, 0.05) is 60.2 Å². The number of H-pyrrole nitrogens is 1. The average Bonchev–Trinajstić information content (AvgIpc) is 3.63. The van der Waals surface area contributed by atoms with Gasteiger partial charge in [-0.3, -0.25) is 4.68 Å². The zero-order chi connectivity index (χ0) is 26.1. The predicted octanol–water partition coefficient (Wildman–Crippen LogP) is 4.49. The Morgan fingerprint density at radius 3 is 2.58 bits per heavy atom. The summed E-state index contributed by atoms with van der Waals surface area (Å²) < 4.78 is 13.4. The smallest absolute Gasteiger partial charge is 0.409 e. The minimum absolute atomic E-state index is 0.00697. The molecule has 7 rings (SSSR count). The maximum Gasteiger partial charge on any atom is 0.409 e. The van der Waals surface area contributed by atoms with E-state index >= 15 is 0 Å². The van der Waals surface area contributed by atoms with Crippen LogP contribution < -0.4 is 0 Å². The summed E-state index contributed by atoms with van der Waals surface area (Å²) in [6, 6.07) is 8.08. The SMILES string of the molecule is COC(=O)N1CCC2(CC1)CC1(C2)OCc2cnc3[nH]c(-c4cnn(C)c4)c(-c4ccc(CO)cc4)c3c21. The average molecular weight is 514 g/mol. The molecule has 2 N–H and O–H groups in total. The number of piperidine rings is 1.